The summed E-state index contributed by atoms with van der Waals surface area (Å²) in [5.74, 6) is 0.132. The van der Waals surface area contributed by atoms with Crippen LogP contribution in [0.1, 0.15) is 26.2 Å². The van der Waals surface area contributed by atoms with Crippen LogP contribution in [0.25, 0.3) is 0 Å². The van der Waals surface area contributed by atoms with E-state index in [1.54, 1.807) is 0 Å². The molecular weight excluding hydrogens is 192 g/mol. The first-order valence-electron chi connectivity index (χ1n) is 5.91. The lowest BCUT2D eigenvalue weighted by atomic mass is 10.3. The van der Waals surface area contributed by atoms with Gasteiger partial charge in [0.05, 0.1) is 0 Å². The molecule has 1 amide bonds. The minimum atomic E-state index is 0.132. The number of carbonyl (C=O) groups excluding carboxylic acids is 1. The molecular formula is C11H22N2O2. The van der Waals surface area contributed by atoms with Crippen LogP contribution in [-0.2, 0) is 9.53 Å². The number of hydrogen-bond acceptors (Lipinski definition) is 3. The van der Waals surface area contributed by atoms with Crippen molar-refractivity contribution in [1.82, 2.24) is 10.2 Å². The smallest absolute Gasteiger partial charge is 0.248 e. The van der Waals surface area contributed by atoms with E-state index in [1.165, 1.54) is 12.8 Å². The van der Waals surface area contributed by atoms with E-state index in [0.717, 1.165) is 32.6 Å². The third-order valence-corrected chi connectivity index (χ3v) is 2.59. The lowest BCUT2D eigenvalue weighted by Gasteiger charge is -2.27. The van der Waals surface area contributed by atoms with E-state index < -0.39 is 0 Å². The molecule has 0 aliphatic carbocycles. The van der Waals surface area contributed by atoms with E-state index >= 15 is 0 Å². The standard InChI is InChI=1S/C11H22N2O2/c1-2-3-4-9-15-10-11(14)13-7-5-12-6-8-13/h12H,2-10H2,1H3. The number of hydrogen-bond donors (Lipinski definition) is 1. The molecule has 0 aromatic rings. The minimum Gasteiger partial charge on any atom is -0.372 e. The molecule has 0 unspecified atom stereocenters. The second-order valence-electron chi connectivity index (χ2n) is 3.89. The van der Waals surface area contributed by atoms with Crippen LogP contribution in [0.4, 0.5) is 0 Å². The van der Waals surface area contributed by atoms with Crippen LogP contribution >= 0.6 is 0 Å². The van der Waals surface area contributed by atoms with Gasteiger partial charge in [-0.3, -0.25) is 4.79 Å². The summed E-state index contributed by atoms with van der Waals surface area (Å²) in [5.41, 5.74) is 0. The van der Waals surface area contributed by atoms with Gasteiger partial charge in [-0.2, -0.15) is 0 Å². The summed E-state index contributed by atoms with van der Waals surface area (Å²) in [7, 11) is 0. The van der Waals surface area contributed by atoms with Gasteiger partial charge in [0.1, 0.15) is 6.61 Å². The molecule has 1 saturated heterocycles. The van der Waals surface area contributed by atoms with Gasteiger partial charge in [-0.25, -0.2) is 0 Å². The summed E-state index contributed by atoms with van der Waals surface area (Å²) < 4.78 is 5.34. The highest BCUT2D eigenvalue weighted by Gasteiger charge is 2.15. The van der Waals surface area contributed by atoms with E-state index in [0.29, 0.717) is 6.61 Å². The molecule has 1 N–H and O–H groups in total. The molecule has 0 spiro atoms. The molecule has 0 aromatic heterocycles. The number of ether oxygens (including phenoxy) is 1. The predicted molar refractivity (Wildman–Crippen MR) is 59.8 cm³/mol. The molecule has 4 heteroatoms. The van der Waals surface area contributed by atoms with Gasteiger partial charge < -0.3 is 15.0 Å². The van der Waals surface area contributed by atoms with Crippen LogP contribution < -0.4 is 5.32 Å². The largest absolute Gasteiger partial charge is 0.372 e. The average molecular weight is 214 g/mol. The highest BCUT2D eigenvalue weighted by atomic mass is 16.5. The monoisotopic (exact) mass is 214 g/mol. The summed E-state index contributed by atoms with van der Waals surface area (Å²) >= 11 is 0. The Balaban J connectivity index is 2.02. The fourth-order valence-electron chi connectivity index (χ4n) is 1.62. The molecule has 1 rings (SSSR count). The number of rotatable bonds is 6. The van der Waals surface area contributed by atoms with E-state index in [-0.39, 0.29) is 12.5 Å². The molecule has 1 aliphatic rings. The molecule has 0 radical (unpaired) electrons. The van der Waals surface area contributed by atoms with Gasteiger partial charge in [-0.15, -0.1) is 0 Å². The zero-order chi connectivity index (χ0) is 10.9. The third-order valence-electron chi connectivity index (χ3n) is 2.59. The van der Waals surface area contributed by atoms with Gasteiger partial charge in [0.15, 0.2) is 0 Å². The Morgan fingerprint density at radius 2 is 2.07 bits per heavy atom. The van der Waals surface area contributed by atoms with Crippen molar-refractivity contribution >= 4 is 5.91 Å². The maximum absolute atomic E-state index is 11.6. The fraction of sp³-hybridized carbons (Fsp3) is 0.909. The summed E-state index contributed by atoms with van der Waals surface area (Å²) in [5, 5.41) is 3.22. The maximum Gasteiger partial charge on any atom is 0.248 e. The van der Waals surface area contributed by atoms with Gasteiger partial charge in [0, 0.05) is 32.8 Å². The van der Waals surface area contributed by atoms with Crippen molar-refractivity contribution in [1.29, 1.82) is 0 Å². The molecule has 0 saturated carbocycles. The molecule has 88 valence electrons. The Bertz CT molecular complexity index is 179. The predicted octanol–water partition coefficient (Wildman–Crippen LogP) is 0.625. The zero-order valence-electron chi connectivity index (χ0n) is 9.63. The average Bonchev–Trinajstić information content (AvgIpc) is 2.30. The lowest BCUT2D eigenvalue weighted by molar-refractivity contribution is -0.136. The Labute approximate surface area is 92.0 Å². The Hall–Kier alpha value is -0.610. The highest BCUT2D eigenvalue weighted by Crippen LogP contribution is 1.97. The number of amides is 1. The fourth-order valence-corrected chi connectivity index (χ4v) is 1.62. The van der Waals surface area contributed by atoms with E-state index in [1.807, 2.05) is 4.90 Å². The molecule has 4 nitrogen and oxygen atoms in total. The van der Waals surface area contributed by atoms with Gasteiger partial charge in [0.25, 0.3) is 0 Å². The summed E-state index contributed by atoms with van der Waals surface area (Å²) in [6, 6.07) is 0. The number of unbranched alkanes of at least 4 members (excludes halogenated alkanes) is 2. The number of piperazine rings is 1. The zero-order valence-corrected chi connectivity index (χ0v) is 9.63. The topological polar surface area (TPSA) is 41.6 Å². The molecule has 0 bridgehead atoms. The first-order valence-corrected chi connectivity index (χ1v) is 5.91. The van der Waals surface area contributed by atoms with E-state index in [2.05, 4.69) is 12.2 Å². The number of nitrogens with zero attached hydrogens (tertiary/aromatic N) is 1. The van der Waals surface area contributed by atoms with Gasteiger partial charge >= 0.3 is 0 Å². The van der Waals surface area contributed by atoms with Crippen LogP contribution in [0.15, 0.2) is 0 Å². The first kappa shape index (κ1) is 12.5. The third kappa shape index (κ3) is 5.14. The van der Waals surface area contributed by atoms with Crippen molar-refractivity contribution in [2.24, 2.45) is 0 Å². The first-order chi connectivity index (χ1) is 7.34. The molecule has 15 heavy (non-hydrogen) atoms. The van der Waals surface area contributed by atoms with Crippen LogP contribution in [0.2, 0.25) is 0 Å². The van der Waals surface area contributed by atoms with Crippen LogP contribution in [0, 0.1) is 0 Å². The van der Waals surface area contributed by atoms with E-state index in [9.17, 15) is 4.79 Å². The SMILES string of the molecule is CCCCCOCC(=O)N1CCNCC1. The Kier molecular flexibility index (Phi) is 6.36. The number of carbonyl (C=O) groups is 1. The molecule has 0 aromatic carbocycles. The second kappa shape index (κ2) is 7.65. The van der Waals surface area contributed by atoms with Crippen LogP contribution in [0.5, 0.6) is 0 Å². The quantitative estimate of drug-likeness (QED) is 0.659. The van der Waals surface area contributed by atoms with Crippen molar-refractivity contribution in [3.8, 4) is 0 Å². The van der Waals surface area contributed by atoms with Crippen LogP contribution in [-0.4, -0.2) is 50.2 Å². The highest BCUT2D eigenvalue weighted by molar-refractivity contribution is 5.77. The Morgan fingerprint density at radius 3 is 2.73 bits per heavy atom. The second-order valence-corrected chi connectivity index (χ2v) is 3.89. The van der Waals surface area contributed by atoms with Crippen molar-refractivity contribution < 1.29 is 9.53 Å². The summed E-state index contributed by atoms with van der Waals surface area (Å²) in [6.45, 7) is 6.57. The molecule has 0 atom stereocenters. The van der Waals surface area contributed by atoms with Gasteiger partial charge in [0.2, 0.25) is 5.91 Å². The van der Waals surface area contributed by atoms with Crippen molar-refractivity contribution in [2.75, 3.05) is 39.4 Å². The van der Waals surface area contributed by atoms with Crippen molar-refractivity contribution in [2.45, 2.75) is 26.2 Å². The van der Waals surface area contributed by atoms with Crippen molar-refractivity contribution in [3.05, 3.63) is 0 Å². The van der Waals surface area contributed by atoms with Gasteiger partial charge in [-0.05, 0) is 6.42 Å². The molecule has 1 heterocycles. The lowest BCUT2D eigenvalue weighted by Crippen LogP contribution is -2.47. The van der Waals surface area contributed by atoms with Gasteiger partial charge in [-0.1, -0.05) is 19.8 Å². The summed E-state index contributed by atoms with van der Waals surface area (Å²) in [4.78, 5) is 13.5. The number of nitrogens with one attached hydrogen (secondary N) is 1. The summed E-state index contributed by atoms with van der Waals surface area (Å²) in [6.07, 6.45) is 3.43. The van der Waals surface area contributed by atoms with E-state index in [4.69, 9.17) is 4.74 Å². The normalized spacial score (nSPS) is 16.7. The van der Waals surface area contributed by atoms with Crippen molar-refractivity contribution in [3.63, 3.8) is 0 Å². The Morgan fingerprint density at radius 1 is 1.33 bits per heavy atom. The van der Waals surface area contributed by atoms with Crippen LogP contribution in [0.3, 0.4) is 0 Å². The minimum absolute atomic E-state index is 0.132. The molecule has 1 fully saturated rings. The maximum atomic E-state index is 11.6. The molecule has 1 aliphatic heterocycles.